The van der Waals surface area contributed by atoms with Crippen LogP contribution in [0.3, 0.4) is 0 Å². The quantitative estimate of drug-likeness (QED) is 0.691. The molecule has 2 unspecified atom stereocenters. The number of furan rings is 1. The lowest BCUT2D eigenvalue weighted by Crippen LogP contribution is -2.34. The van der Waals surface area contributed by atoms with Crippen LogP contribution in [0.5, 0.6) is 0 Å². The largest absolute Gasteiger partial charge is 0.455 e. The maximum absolute atomic E-state index is 6.21. The molecule has 0 saturated carbocycles. The molecule has 0 radical (unpaired) electrons. The highest BCUT2D eigenvalue weighted by molar-refractivity contribution is 5.77. The van der Waals surface area contributed by atoms with Crippen molar-refractivity contribution in [2.45, 2.75) is 25.4 Å². The summed E-state index contributed by atoms with van der Waals surface area (Å²) in [6, 6.07) is 9.79. The van der Waals surface area contributed by atoms with Gasteiger partial charge in [0.2, 0.25) is 5.79 Å². The summed E-state index contributed by atoms with van der Waals surface area (Å²) in [5.41, 5.74) is 0.797. The van der Waals surface area contributed by atoms with Gasteiger partial charge in [-0.05, 0) is 19.1 Å². The van der Waals surface area contributed by atoms with Crippen LogP contribution in [-0.2, 0) is 26.5 Å². The fourth-order valence-corrected chi connectivity index (χ4v) is 2.88. The predicted molar refractivity (Wildman–Crippen MR) is 85.2 cm³/mol. The lowest BCUT2D eigenvalue weighted by Gasteiger charge is -2.25. The number of hydrogen-bond donors (Lipinski definition) is 0. The second kappa shape index (κ2) is 6.35. The molecule has 0 spiro atoms. The molecule has 7 heteroatoms. The SMILES string of the molecule is CCOCC1COC(Cn2cncn2)(c2cc3ccccc3o2)O1. The minimum Gasteiger partial charge on any atom is -0.455 e. The molecule has 7 nitrogen and oxygen atoms in total. The van der Waals surface area contributed by atoms with Gasteiger partial charge in [0, 0.05) is 12.0 Å². The number of para-hydroxylation sites is 1. The van der Waals surface area contributed by atoms with Gasteiger partial charge in [0.05, 0.1) is 13.2 Å². The van der Waals surface area contributed by atoms with Crippen molar-refractivity contribution in [3.8, 4) is 0 Å². The van der Waals surface area contributed by atoms with Crippen LogP contribution in [0.15, 0.2) is 47.4 Å². The Balaban J connectivity index is 1.67. The second-order valence-corrected chi connectivity index (χ2v) is 5.70. The molecule has 3 aromatic rings. The molecule has 0 bridgehead atoms. The van der Waals surface area contributed by atoms with Gasteiger partial charge in [-0.25, -0.2) is 9.67 Å². The van der Waals surface area contributed by atoms with Crippen LogP contribution >= 0.6 is 0 Å². The molecule has 0 amide bonds. The Kier molecular flexibility index (Phi) is 4.05. The number of benzene rings is 1. The Morgan fingerprint density at radius 2 is 2.29 bits per heavy atom. The Morgan fingerprint density at radius 1 is 1.38 bits per heavy atom. The summed E-state index contributed by atoms with van der Waals surface area (Å²) in [5.74, 6) is -0.410. The minimum absolute atomic E-state index is 0.151. The predicted octanol–water partition coefficient (Wildman–Crippen LogP) is 2.33. The summed E-state index contributed by atoms with van der Waals surface area (Å²) in [6.45, 7) is 3.87. The van der Waals surface area contributed by atoms with Crippen LogP contribution in [0.4, 0.5) is 0 Å². The summed E-state index contributed by atoms with van der Waals surface area (Å²) in [4.78, 5) is 3.99. The molecule has 1 saturated heterocycles. The average molecular weight is 329 g/mol. The smallest absolute Gasteiger partial charge is 0.249 e. The van der Waals surface area contributed by atoms with Gasteiger partial charge < -0.3 is 18.6 Å². The number of ether oxygens (including phenoxy) is 3. The first-order chi connectivity index (χ1) is 11.8. The van der Waals surface area contributed by atoms with Crippen LogP contribution in [0.1, 0.15) is 12.7 Å². The Labute approximate surface area is 139 Å². The zero-order valence-electron chi connectivity index (χ0n) is 13.4. The van der Waals surface area contributed by atoms with E-state index in [0.717, 1.165) is 11.0 Å². The zero-order chi connectivity index (χ0) is 16.4. The Hall–Kier alpha value is -2.22. The van der Waals surface area contributed by atoms with Crippen LogP contribution in [0.25, 0.3) is 11.0 Å². The highest BCUT2D eigenvalue weighted by atomic mass is 16.8. The van der Waals surface area contributed by atoms with E-state index in [1.165, 1.54) is 6.33 Å². The van der Waals surface area contributed by atoms with Crippen LogP contribution in [0.2, 0.25) is 0 Å². The maximum Gasteiger partial charge on any atom is 0.249 e. The standard InChI is InChI=1S/C17H19N3O4/c1-2-21-8-14-9-22-17(24-14,10-20-12-18-11-19-20)16-7-13-5-3-4-6-15(13)23-16/h3-7,11-12,14H,2,8-10H2,1H3. The van der Waals surface area contributed by atoms with Crippen molar-refractivity contribution in [2.75, 3.05) is 19.8 Å². The van der Waals surface area contributed by atoms with E-state index in [1.807, 2.05) is 37.3 Å². The molecule has 0 N–H and O–H groups in total. The molecule has 1 aliphatic rings. The van der Waals surface area contributed by atoms with E-state index < -0.39 is 5.79 Å². The summed E-state index contributed by atoms with van der Waals surface area (Å²) in [6.07, 6.45) is 2.97. The zero-order valence-corrected chi connectivity index (χ0v) is 13.4. The van der Waals surface area contributed by atoms with Gasteiger partial charge in [-0.1, -0.05) is 18.2 Å². The fourth-order valence-electron chi connectivity index (χ4n) is 2.88. The summed E-state index contributed by atoms with van der Waals surface area (Å²) < 4.78 is 25.4. The third kappa shape index (κ3) is 2.82. The van der Waals surface area contributed by atoms with E-state index in [1.54, 1.807) is 11.0 Å². The van der Waals surface area contributed by atoms with E-state index >= 15 is 0 Å². The first-order valence-electron chi connectivity index (χ1n) is 8.00. The van der Waals surface area contributed by atoms with Crippen LogP contribution < -0.4 is 0 Å². The number of fused-ring (bicyclic) bond motifs is 1. The summed E-state index contributed by atoms with van der Waals surface area (Å²) in [5, 5.41) is 5.17. The molecular weight excluding hydrogens is 310 g/mol. The number of aromatic nitrogens is 3. The fraction of sp³-hybridized carbons (Fsp3) is 0.412. The molecule has 1 aliphatic heterocycles. The van der Waals surface area contributed by atoms with E-state index in [-0.39, 0.29) is 6.10 Å². The van der Waals surface area contributed by atoms with Gasteiger partial charge in [0.15, 0.2) is 5.76 Å². The maximum atomic E-state index is 6.21. The molecule has 0 aliphatic carbocycles. The molecular formula is C17H19N3O4. The topological polar surface area (TPSA) is 71.5 Å². The molecule has 2 aromatic heterocycles. The highest BCUT2D eigenvalue weighted by Crippen LogP contribution is 2.38. The minimum atomic E-state index is -1.03. The van der Waals surface area contributed by atoms with Gasteiger partial charge in [-0.2, -0.15) is 5.10 Å². The molecule has 24 heavy (non-hydrogen) atoms. The Bertz CT molecular complexity index is 768. The van der Waals surface area contributed by atoms with Crippen LogP contribution in [-0.4, -0.2) is 40.7 Å². The normalized spacial score (nSPS) is 24.0. The van der Waals surface area contributed by atoms with E-state index in [0.29, 0.717) is 32.1 Å². The van der Waals surface area contributed by atoms with Crippen molar-refractivity contribution < 1.29 is 18.6 Å². The van der Waals surface area contributed by atoms with Crippen LogP contribution in [0, 0.1) is 0 Å². The first-order valence-corrected chi connectivity index (χ1v) is 8.00. The first kappa shape index (κ1) is 15.3. The van der Waals surface area contributed by atoms with Crippen molar-refractivity contribution >= 4 is 11.0 Å². The van der Waals surface area contributed by atoms with Gasteiger partial charge in [-0.15, -0.1) is 0 Å². The number of hydrogen-bond acceptors (Lipinski definition) is 6. The van der Waals surface area contributed by atoms with Gasteiger partial charge in [-0.3, -0.25) is 0 Å². The molecule has 4 rings (SSSR count). The number of nitrogens with zero attached hydrogens (tertiary/aromatic N) is 3. The average Bonchev–Trinajstić information content (AvgIpc) is 3.33. The van der Waals surface area contributed by atoms with Crippen molar-refractivity contribution in [3.05, 3.63) is 48.7 Å². The summed E-state index contributed by atoms with van der Waals surface area (Å²) >= 11 is 0. The second-order valence-electron chi connectivity index (χ2n) is 5.70. The molecule has 1 aromatic carbocycles. The van der Waals surface area contributed by atoms with Gasteiger partial charge in [0.25, 0.3) is 0 Å². The third-order valence-electron chi connectivity index (χ3n) is 4.00. The van der Waals surface area contributed by atoms with Crippen molar-refractivity contribution in [1.82, 2.24) is 14.8 Å². The van der Waals surface area contributed by atoms with Gasteiger partial charge >= 0.3 is 0 Å². The molecule has 126 valence electrons. The lowest BCUT2D eigenvalue weighted by molar-refractivity contribution is -0.203. The highest BCUT2D eigenvalue weighted by Gasteiger charge is 2.47. The third-order valence-corrected chi connectivity index (χ3v) is 4.00. The lowest BCUT2D eigenvalue weighted by atomic mass is 10.2. The van der Waals surface area contributed by atoms with Crippen molar-refractivity contribution in [1.29, 1.82) is 0 Å². The molecule has 3 heterocycles. The van der Waals surface area contributed by atoms with E-state index in [4.69, 9.17) is 18.6 Å². The van der Waals surface area contributed by atoms with Crippen molar-refractivity contribution in [2.24, 2.45) is 0 Å². The van der Waals surface area contributed by atoms with E-state index in [2.05, 4.69) is 10.1 Å². The van der Waals surface area contributed by atoms with Gasteiger partial charge in [0.1, 0.15) is 30.9 Å². The number of rotatable bonds is 6. The Morgan fingerprint density at radius 3 is 3.08 bits per heavy atom. The monoisotopic (exact) mass is 329 g/mol. The molecule has 2 atom stereocenters. The summed E-state index contributed by atoms with van der Waals surface area (Å²) in [7, 11) is 0. The molecule has 1 fully saturated rings. The van der Waals surface area contributed by atoms with E-state index in [9.17, 15) is 0 Å². The van der Waals surface area contributed by atoms with Crippen molar-refractivity contribution in [3.63, 3.8) is 0 Å².